The number of anilines is 1. The van der Waals surface area contributed by atoms with Gasteiger partial charge >= 0.3 is 5.97 Å². The standard InChI is InChI=1S/C25H28N4O3S/c1-5-14-33-25-27-24-26-17(3)21(23(30)31-4)22(29(24)28-25)18-10-12-20(13-11-18)32-15-19-9-7-6-8-16(19)2/h6-13,22H,5,14-15H2,1-4H3,(H,26,27,28). The van der Waals surface area contributed by atoms with Crippen LogP contribution >= 0.6 is 11.8 Å². The molecule has 1 N–H and O–H groups in total. The number of benzene rings is 2. The molecule has 0 radical (unpaired) electrons. The highest BCUT2D eigenvalue weighted by Crippen LogP contribution is 2.37. The molecule has 8 heteroatoms. The number of hydrogen-bond acceptors (Lipinski definition) is 7. The summed E-state index contributed by atoms with van der Waals surface area (Å²) in [6, 6.07) is 15.5. The molecule has 0 spiro atoms. The molecule has 2 heterocycles. The van der Waals surface area contributed by atoms with E-state index in [4.69, 9.17) is 9.47 Å². The highest BCUT2D eigenvalue weighted by atomic mass is 32.2. The van der Waals surface area contributed by atoms with E-state index in [0.717, 1.165) is 29.1 Å². The summed E-state index contributed by atoms with van der Waals surface area (Å²) in [6.45, 7) is 6.55. The highest BCUT2D eigenvalue weighted by molar-refractivity contribution is 7.99. The summed E-state index contributed by atoms with van der Waals surface area (Å²) in [5, 5.41) is 8.58. The third-order valence-electron chi connectivity index (χ3n) is 5.53. The van der Waals surface area contributed by atoms with Crippen molar-refractivity contribution < 1.29 is 14.3 Å². The van der Waals surface area contributed by atoms with E-state index in [0.29, 0.717) is 29.0 Å². The highest BCUT2D eigenvalue weighted by Gasteiger charge is 2.35. The number of esters is 1. The van der Waals surface area contributed by atoms with Gasteiger partial charge in [-0.3, -0.25) is 0 Å². The Hall–Kier alpha value is -3.26. The van der Waals surface area contributed by atoms with Gasteiger partial charge in [0, 0.05) is 11.4 Å². The Kier molecular flexibility index (Phi) is 7.03. The Morgan fingerprint density at radius 3 is 2.61 bits per heavy atom. The molecule has 2 aromatic carbocycles. The lowest BCUT2D eigenvalue weighted by atomic mass is 9.96. The molecule has 0 bridgehead atoms. The fourth-order valence-corrected chi connectivity index (χ4v) is 4.43. The van der Waals surface area contributed by atoms with Crippen LogP contribution in [-0.4, -0.2) is 33.6 Å². The molecule has 1 aliphatic rings. The molecule has 7 nitrogen and oxygen atoms in total. The fraction of sp³-hybridized carbons (Fsp3) is 0.320. The Labute approximate surface area is 198 Å². The molecule has 172 valence electrons. The minimum atomic E-state index is -0.442. The first kappa shape index (κ1) is 22.9. The van der Waals surface area contributed by atoms with Gasteiger partial charge in [-0.2, -0.15) is 4.98 Å². The number of aromatic nitrogens is 3. The van der Waals surface area contributed by atoms with E-state index < -0.39 is 12.0 Å². The predicted octanol–water partition coefficient (Wildman–Crippen LogP) is 5.13. The number of carbonyl (C=O) groups is 1. The van der Waals surface area contributed by atoms with Crippen LogP contribution in [0.4, 0.5) is 5.95 Å². The van der Waals surface area contributed by atoms with E-state index in [-0.39, 0.29) is 0 Å². The summed E-state index contributed by atoms with van der Waals surface area (Å²) < 4.78 is 12.9. The number of fused-ring (bicyclic) bond motifs is 1. The second-order valence-corrected chi connectivity index (χ2v) is 8.92. The van der Waals surface area contributed by atoms with Gasteiger partial charge < -0.3 is 14.8 Å². The van der Waals surface area contributed by atoms with Gasteiger partial charge in [-0.25, -0.2) is 9.48 Å². The average molecular weight is 465 g/mol. The van der Waals surface area contributed by atoms with Crippen molar-refractivity contribution in [3.8, 4) is 5.75 Å². The summed E-state index contributed by atoms with van der Waals surface area (Å²) in [5.41, 5.74) is 4.46. The van der Waals surface area contributed by atoms with Crippen molar-refractivity contribution in [3.05, 3.63) is 76.5 Å². The number of nitrogens with one attached hydrogen (secondary N) is 1. The van der Waals surface area contributed by atoms with Crippen LogP contribution in [0.1, 0.15) is 43.0 Å². The van der Waals surface area contributed by atoms with Gasteiger partial charge in [0.15, 0.2) is 0 Å². The third-order valence-corrected chi connectivity index (χ3v) is 6.57. The van der Waals surface area contributed by atoms with E-state index >= 15 is 0 Å². The van der Waals surface area contributed by atoms with Crippen LogP contribution in [0.2, 0.25) is 0 Å². The lowest BCUT2D eigenvalue weighted by molar-refractivity contribution is -0.136. The van der Waals surface area contributed by atoms with Crippen molar-refractivity contribution in [3.63, 3.8) is 0 Å². The molecular formula is C25H28N4O3S. The van der Waals surface area contributed by atoms with Crippen molar-refractivity contribution in [1.29, 1.82) is 0 Å². The molecule has 33 heavy (non-hydrogen) atoms. The molecule has 0 saturated carbocycles. The Bertz CT molecular complexity index is 1170. The monoisotopic (exact) mass is 464 g/mol. The van der Waals surface area contributed by atoms with Gasteiger partial charge in [0.05, 0.1) is 12.7 Å². The summed E-state index contributed by atoms with van der Waals surface area (Å²) in [6.07, 6.45) is 1.03. The van der Waals surface area contributed by atoms with Crippen LogP contribution in [0.3, 0.4) is 0 Å². The Morgan fingerprint density at radius 1 is 1.15 bits per heavy atom. The first-order valence-electron chi connectivity index (χ1n) is 10.9. The smallest absolute Gasteiger partial charge is 0.338 e. The van der Waals surface area contributed by atoms with E-state index in [9.17, 15) is 4.79 Å². The fourth-order valence-electron chi connectivity index (χ4n) is 3.75. The van der Waals surface area contributed by atoms with Crippen LogP contribution in [0.15, 0.2) is 65.0 Å². The number of nitrogens with zero attached hydrogens (tertiary/aromatic N) is 3. The SMILES string of the molecule is CCCSc1nc2n(n1)C(c1ccc(OCc3ccccc3C)cc1)C(C(=O)OC)=C(C)N2. The molecule has 1 aliphatic heterocycles. The van der Waals surface area contributed by atoms with Gasteiger partial charge in [0.2, 0.25) is 11.1 Å². The first-order chi connectivity index (χ1) is 16.0. The van der Waals surface area contributed by atoms with Crippen molar-refractivity contribution in [2.45, 2.75) is 45.0 Å². The zero-order valence-corrected chi connectivity index (χ0v) is 20.1. The summed E-state index contributed by atoms with van der Waals surface area (Å²) in [5.74, 6) is 1.91. The number of allylic oxidation sites excluding steroid dienone is 1. The topological polar surface area (TPSA) is 78.3 Å². The normalized spacial score (nSPS) is 15.1. The van der Waals surface area contributed by atoms with Crippen molar-refractivity contribution >= 4 is 23.7 Å². The molecule has 0 aliphatic carbocycles. The number of rotatable bonds is 8. The van der Waals surface area contributed by atoms with Crippen LogP contribution in [0.25, 0.3) is 0 Å². The number of carbonyl (C=O) groups excluding carboxylic acids is 1. The quantitative estimate of drug-likeness (QED) is 0.366. The predicted molar refractivity (Wildman–Crippen MR) is 129 cm³/mol. The maximum Gasteiger partial charge on any atom is 0.338 e. The maximum atomic E-state index is 12.7. The van der Waals surface area contributed by atoms with Crippen LogP contribution < -0.4 is 10.1 Å². The van der Waals surface area contributed by atoms with Gasteiger partial charge in [0.1, 0.15) is 18.4 Å². The van der Waals surface area contributed by atoms with Crippen LogP contribution in [0, 0.1) is 6.92 Å². The minimum Gasteiger partial charge on any atom is -0.489 e. The number of aryl methyl sites for hydroxylation is 1. The van der Waals surface area contributed by atoms with Gasteiger partial charge in [-0.05, 0) is 49.1 Å². The molecule has 4 rings (SSSR count). The van der Waals surface area contributed by atoms with Crippen molar-refractivity contribution in [2.24, 2.45) is 0 Å². The van der Waals surface area contributed by atoms with E-state index in [2.05, 4.69) is 41.4 Å². The zero-order valence-electron chi connectivity index (χ0n) is 19.3. The first-order valence-corrected chi connectivity index (χ1v) is 11.9. The minimum absolute atomic E-state index is 0.395. The summed E-state index contributed by atoms with van der Waals surface area (Å²) in [7, 11) is 1.39. The van der Waals surface area contributed by atoms with Crippen LogP contribution in [0.5, 0.6) is 5.75 Å². The molecule has 1 aromatic heterocycles. The van der Waals surface area contributed by atoms with Crippen LogP contribution in [-0.2, 0) is 16.1 Å². The van der Waals surface area contributed by atoms with Crippen molar-refractivity contribution in [1.82, 2.24) is 14.8 Å². The zero-order chi connectivity index (χ0) is 23.4. The lowest BCUT2D eigenvalue weighted by Crippen LogP contribution is -2.29. The maximum absolute atomic E-state index is 12.7. The number of thioether (sulfide) groups is 1. The summed E-state index contributed by atoms with van der Waals surface area (Å²) in [4.78, 5) is 17.3. The molecule has 1 unspecified atom stereocenters. The Morgan fingerprint density at radius 2 is 1.91 bits per heavy atom. The molecule has 1 atom stereocenters. The number of methoxy groups -OCH3 is 1. The van der Waals surface area contributed by atoms with Gasteiger partial charge in [-0.15, -0.1) is 5.10 Å². The summed E-state index contributed by atoms with van der Waals surface area (Å²) >= 11 is 1.60. The molecule has 0 saturated heterocycles. The molecule has 3 aromatic rings. The van der Waals surface area contributed by atoms with E-state index in [1.807, 2.05) is 43.3 Å². The van der Waals surface area contributed by atoms with Gasteiger partial charge in [0.25, 0.3) is 0 Å². The Balaban J connectivity index is 1.63. The molecule has 0 fully saturated rings. The van der Waals surface area contributed by atoms with E-state index in [1.165, 1.54) is 12.7 Å². The third kappa shape index (κ3) is 4.90. The molecular weight excluding hydrogens is 436 g/mol. The second kappa shape index (κ2) is 10.1. The lowest BCUT2D eigenvalue weighted by Gasteiger charge is -2.27. The van der Waals surface area contributed by atoms with Crippen molar-refractivity contribution in [2.75, 3.05) is 18.2 Å². The average Bonchev–Trinajstić information content (AvgIpc) is 3.23. The van der Waals surface area contributed by atoms with E-state index in [1.54, 1.807) is 16.4 Å². The number of ether oxygens (including phenoxy) is 2. The largest absolute Gasteiger partial charge is 0.489 e. The van der Waals surface area contributed by atoms with Gasteiger partial charge in [-0.1, -0.05) is 55.1 Å². The molecule has 0 amide bonds. The second-order valence-electron chi connectivity index (χ2n) is 7.85. The number of hydrogen-bond donors (Lipinski definition) is 1.